The van der Waals surface area contributed by atoms with Crippen molar-refractivity contribution in [1.29, 1.82) is 0 Å². The van der Waals surface area contributed by atoms with E-state index in [0.717, 1.165) is 44.2 Å². The van der Waals surface area contributed by atoms with Gasteiger partial charge in [0.05, 0.1) is 22.1 Å². The molecule has 0 bridgehead atoms. The fourth-order valence-electron chi connectivity index (χ4n) is 9.88. The SMILES string of the molecule is c1ccc(-n2c3ccccc3c3cc(-c4ccc5c(c4)c4ccccc4n5-c4ccc5oc6cc7oc8ccc9c%10ccccc%10sc9c8c7cc6c5c4)ccc32)cc1. The zero-order valence-electron chi connectivity index (χ0n) is 31.4. The standard InChI is InChI=1S/C54H30N2O2S/c1-2-10-33(11-3-1)55-44-15-7-4-12-35(44)39-26-31(18-22-46(39)55)32-19-23-47-40(27-32)36-13-5-8-16-45(36)56(47)34-20-24-48-41(28-34)42-29-43-51(30-50(42)57-48)58-49-25-21-38-37-14-6-9-17-52(37)59-54(38)53(43)49/h1-30H. The first kappa shape index (κ1) is 31.5. The van der Waals surface area contributed by atoms with E-state index in [2.05, 4.69) is 191 Å². The van der Waals surface area contributed by atoms with Crippen LogP contribution in [0.25, 0.3) is 130 Å². The van der Waals surface area contributed by atoms with E-state index in [9.17, 15) is 0 Å². The number of aromatic nitrogens is 2. The van der Waals surface area contributed by atoms with Crippen molar-refractivity contribution in [1.82, 2.24) is 9.13 Å². The van der Waals surface area contributed by atoms with E-state index >= 15 is 0 Å². The minimum atomic E-state index is 0.826. The lowest BCUT2D eigenvalue weighted by atomic mass is 10.0. The summed E-state index contributed by atoms with van der Waals surface area (Å²) in [6.45, 7) is 0. The van der Waals surface area contributed by atoms with Gasteiger partial charge in [0.15, 0.2) is 0 Å². The van der Waals surface area contributed by atoms with Crippen LogP contribution < -0.4 is 0 Å². The third kappa shape index (κ3) is 4.32. The molecule has 0 radical (unpaired) electrons. The van der Waals surface area contributed by atoms with Crippen LogP contribution >= 0.6 is 11.3 Å². The van der Waals surface area contributed by atoms with Crippen molar-refractivity contribution in [2.45, 2.75) is 0 Å². The number of furan rings is 2. The summed E-state index contributed by atoms with van der Waals surface area (Å²) in [5.41, 5.74) is 12.8. The van der Waals surface area contributed by atoms with Crippen molar-refractivity contribution in [2.75, 3.05) is 0 Å². The molecule has 5 heteroatoms. The number of fused-ring (bicyclic) bond motifs is 16. The molecule has 0 saturated carbocycles. The first-order chi connectivity index (χ1) is 29.2. The molecule has 0 N–H and O–H groups in total. The van der Waals surface area contributed by atoms with Crippen molar-refractivity contribution in [2.24, 2.45) is 0 Å². The van der Waals surface area contributed by atoms with Crippen LogP contribution in [-0.2, 0) is 0 Å². The summed E-state index contributed by atoms with van der Waals surface area (Å²) < 4.78 is 20.3. The van der Waals surface area contributed by atoms with E-state index in [1.165, 1.54) is 86.0 Å². The third-order valence-corrected chi connectivity index (χ3v) is 13.7. The third-order valence-electron chi connectivity index (χ3n) is 12.5. The van der Waals surface area contributed by atoms with Gasteiger partial charge in [-0.1, -0.05) is 84.9 Å². The molecule has 0 aliphatic rings. The summed E-state index contributed by atoms with van der Waals surface area (Å²) in [4.78, 5) is 0. The van der Waals surface area contributed by atoms with Crippen molar-refractivity contribution >= 4 is 119 Å². The van der Waals surface area contributed by atoms with E-state index in [1.54, 1.807) is 0 Å². The van der Waals surface area contributed by atoms with E-state index in [1.807, 2.05) is 11.3 Å². The van der Waals surface area contributed by atoms with Crippen LogP contribution in [0.3, 0.4) is 0 Å². The van der Waals surface area contributed by atoms with Gasteiger partial charge in [0, 0.05) is 80.7 Å². The van der Waals surface area contributed by atoms with E-state index in [-0.39, 0.29) is 0 Å². The molecule has 4 nitrogen and oxygen atoms in total. The Balaban J connectivity index is 0.945. The second-order valence-electron chi connectivity index (χ2n) is 15.6. The second kappa shape index (κ2) is 11.5. The molecule has 274 valence electrons. The Morgan fingerprint density at radius 3 is 1.64 bits per heavy atom. The average Bonchev–Trinajstić information content (AvgIpc) is 4.09. The van der Waals surface area contributed by atoms with Crippen LogP contribution in [0, 0.1) is 0 Å². The molecular weight excluding hydrogens is 741 g/mol. The van der Waals surface area contributed by atoms with Crippen LogP contribution in [0.4, 0.5) is 0 Å². The number of rotatable bonds is 3. The Labute approximate surface area is 339 Å². The van der Waals surface area contributed by atoms with Crippen LogP contribution in [0.5, 0.6) is 0 Å². The molecule has 0 unspecified atom stereocenters. The molecule has 0 aliphatic heterocycles. The molecule has 9 aromatic carbocycles. The Morgan fingerprint density at radius 1 is 0.322 bits per heavy atom. The summed E-state index contributed by atoms with van der Waals surface area (Å²) in [7, 11) is 0. The quantitative estimate of drug-likeness (QED) is 0.179. The summed E-state index contributed by atoms with van der Waals surface area (Å²) in [5, 5.41) is 12.0. The van der Waals surface area contributed by atoms with Crippen LogP contribution in [-0.4, -0.2) is 9.13 Å². The van der Waals surface area contributed by atoms with Crippen LogP contribution in [0.2, 0.25) is 0 Å². The van der Waals surface area contributed by atoms with Crippen molar-refractivity contribution < 1.29 is 8.83 Å². The topological polar surface area (TPSA) is 36.1 Å². The summed E-state index contributed by atoms with van der Waals surface area (Å²) in [6, 6.07) is 65.9. The van der Waals surface area contributed by atoms with Gasteiger partial charge in [-0.25, -0.2) is 0 Å². The van der Waals surface area contributed by atoms with Gasteiger partial charge in [-0.05, 0) is 102 Å². The summed E-state index contributed by atoms with van der Waals surface area (Å²) in [6.07, 6.45) is 0. The maximum Gasteiger partial charge on any atom is 0.139 e. The monoisotopic (exact) mass is 770 g/mol. The molecule has 0 fully saturated rings. The van der Waals surface area contributed by atoms with Gasteiger partial charge in [0.2, 0.25) is 0 Å². The Bertz CT molecular complexity index is 4080. The van der Waals surface area contributed by atoms with Gasteiger partial charge in [-0.3, -0.25) is 0 Å². The van der Waals surface area contributed by atoms with E-state index in [0.29, 0.717) is 0 Å². The van der Waals surface area contributed by atoms with Crippen molar-refractivity contribution in [3.63, 3.8) is 0 Å². The number of hydrogen-bond acceptors (Lipinski definition) is 3. The molecule has 0 amide bonds. The molecule has 5 heterocycles. The van der Waals surface area contributed by atoms with Gasteiger partial charge < -0.3 is 18.0 Å². The van der Waals surface area contributed by atoms with E-state index in [4.69, 9.17) is 8.83 Å². The lowest BCUT2D eigenvalue weighted by molar-refractivity contribution is 0.656. The Hall–Kier alpha value is -7.60. The van der Waals surface area contributed by atoms with Crippen LogP contribution in [0.1, 0.15) is 0 Å². The molecule has 59 heavy (non-hydrogen) atoms. The lowest BCUT2D eigenvalue weighted by Crippen LogP contribution is -1.93. The summed E-state index contributed by atoms with van der Waals surface area (Å²) >= 11 is 1.84. The zero-order chi connectivity index (χ0) is 38.3. The van der Waals surface area contributed by atoms with Gasteiger partial charge in [-0.2, -0.15) is 0 Å². The fourth-order valence-corrected chi connectivity index (χ4v) is 11.1. The fraction of sp³-hybridized carbons (Fsp3) is 0. The minimum absolute atomic E-state index is 0.826. The normalized spacial score (nSPS) is 12.4. The maximum absolute atomic E-state index is 6.52. The highest BCUT2D eigenvalue weighted by atomic mass is 32.1. The van der Waals surface area contributed by atoms with Gasteiger partial charge in [0.1, 0.15) is 22.3 Å². The van der Waals surface area contributed by atoms with E-state index < -0.39 is 0 Å². The Morgan fingerprint density at radius 2 is 0.898 bits per heavy atom. The number of benzene rings is 9. The molecular formula is C54H30N2O2S. The number of nitrogens with zero attached hydrogens (tertiary/aromatic N) is 2. The molecule has 0 atom stereocenters. The van der Waals surface area contributed by atoms with Gasteiger partial charge in [0.25, 0.3) is 0 Å². The highest BCUT2D eigenvalue weighted by molar-refractivity contribution is 7.26. The predicted molar refractivity (Wildman–Crippen MR) is 248 cm³/mol. The first-order valence-corrected chi connectivity index (χ1v) is 20.8. The highest BCUT2D eigenvalue weighted by Crippen LogP contribution is 2.45. The zero-order valence-corrected chi connectivity index (χ0v) is 32.3. The molecule has 0 aliphatic carbocycles. The molecule has 5 aromatic heterocycles. The van der Waals surface area contributed by atoms with Gasteiger partial charge in [-0.15, -0.1) is 11.3 Å². The molecule has 0 saturated heterocycles. The number of para-hydroxylation sites is 3. The Kier molecular flexibility index (Phi) is 6.14. The van der Waals surface area contributed by atoms with Gasteiger partial charge >= 0.3 is 0 Å². The summed E-state index contributed by atoms with van der Waals surface area (Å²) in [5.74, 6) is 0. The molecule has 14 rings (SSSR count). The lowest BCUT2D eigenvalue weighted by Gasteiger charge is -2.09. The number of thiophene rings is 1. The predicted octanol–water partition coefficient (Wildman–Crippen LogP) is 15.7. The second-order valence-corrected chi connectivity index (χ2v) is 16.7. The molecule has 0 spiro atoms. The highest BCUT2D eigenvalue weighted by Gasteiger charge is 2.20. The molecule has 14 aromatic rings. The minimum Gasteiger partial charge on any atom is -0.456 e. The first-order valence-electron chi connectivity index (χ1n) is 20.0. The van der Waals surface area contributed by atoms with Crippen LogP contribution in [0.15, 0.2) is 191 Å². The maximum atomic E-state index is 6.52. The number of hydrogen-bond donors (Lipinski definition) is 0. The van der Waals surface area contributed by atoms with Crippen molar-refractivity contribution in [3.8, 4) is 22.5 Å². The van der Waals surface area contributed by atoms with Crippen molar-refractivity contribution in [3.05, 3.63) is 182 Å². The average molecular weight is 771 g/mol. The largest absolute Gasteiger partial charge is 0.456 e. The smallest absolute Gasteiger partial charge is 0.139 e.